The number of carbonyl (C=O) groups excluding carboxylic acids is 1. The van der Waals surface area contributed by atoms with E-state index in [1.165, 1.54) is 11.3 Å². The summed E-state index contributed by atoms with van der Waals surface area (Å²) in [5.41, 5.74) is 0. The summed E-state index contributed by atoms with van der Waals surface area (Å²) in [4.78, 5) is 22.9. The van der Waals surface area contributed by atoms with Crippen molar-refractivity contribution >= 4 is 23.3 Å². The van der Waals surface area contributed by atoms with E-state index >= 15 is 0 Å². The maximum atomic E-state index is 11.9. The molecule has 0 aliphatic heterocycles. The minimum absolute atomic E-state index is 0.197. The highest BCUT2D eigenvalue weighted by molar-refractivity contribution is 7.09. The summed E-state index contributed by atoms with van der Waals surface area (Å²) in [7, 11) is 0. The van der Waals surface area contributed by atoms with Gasteiger partial charge in [-0.25, -0.2) is 4.79 Å². The van der Waals surface area contributed by atoms with E-state index in [2.05, 4.69) is 10.1 Å². The molecule has 106 valence electrons. The van der Waals surface area contributed by atoms with Crippen LogP contribution in [0, 0.1) is 0 Å². The molecule has 2 amide bonds. The molecule has 1 aromatic heterocycles. The van der Waals surface area contributed by atoms with E-state index in [0.717, 1.165) is 4.88 Å². The Labute approximate surface area is 111 Å². The lowest BCUT2D eigenvalue weighted by Crippen LogP contribution is -2.49. The average Bonchev–Trinajstić information content (AvgIpc) is 2.83. The lowest BCUT2D eigenvalue weighted by Gasteiger charge is -2.16. The minimum atomic E-state index is -3.07. The van der Waals surface area contributed by atoms with Crippen LogP contribution in [0.25, 0.3) is 0 Å². The van der Waals surface area contributed by atoms with E-state index in [1.807, 2.05) is 10.7 Å². The van der Waals surface area contributed by atoms with Crippen LogP contribution in [0.2, 0.25) is 0 Å². The first-order valence-corrected chi connectivity index (χ1v) is 6.06. The summed E-state index contributed by atoms with van der Waals surface area (Å²) in [5.74, 6) is -0.726. The van der Waals surface area contributed by atoms with Gasteiger partial charge in [-0.2, -0.15) is 8.78 Å². The molecule has 0 fully saturated rings. The SMILES string of the molecule is O=C(O)N[C@H](COC(F)F)C(=O)NCc1cccs1. The number of ether oxygens (including phenoxy) is 1. The van der Waals surface area contributed by atoms with Crippen molar-refractivity contribution in [2.45, 2.75) is 19.2 Å². The van der Waals surface area contributed by atoms with Crippen molar-refractivity contribution in [2.24, 2.45) is 0 Å². The molecule has 0 bridgehead atoms. The molecule has 1 heterocycles. The lowest BCUT2D eigenvalue weighted by atomic mass is 10.3. The van der Waals surface area contributed by atoms with Crippen LogP contribution < -0.4 is 10.6 Å². The van der Waals surface area contributed by atoms with Crippen LogP contribution in [-0.2, 0) is 16.1 Å². The zero-order chi connectivity index (χ0) is 14.3. The number of thiophene rings is 1. The topological polar surface area (TPSA) is 87.7 Å². The number of carboxylic acid groups (broad SMARTS) is 1. The van der Waals surface area contributed by atoms with E-state index in [-0.39, 0.29) is 6.54 Å². The van der Waals surface area contributed by atoms with Crippen molar-refractivity contribution < 1.29 is 28.2 Å². The first kappa shape index (κ1) is 15.3. The van der Waals surface area contributed by atoms with Gasteiger partial charge in [-0.3, -0.25) is 4.79 Å². The van der Waals surface area contributed by atoms with Gasteiger partial charge in [0.2, 0.25) is 5.91 Å². The van der Waals surface area contributed by atoms with Crippen molar-refractivity contribution in [3.63, 3.8) is 0 Å². The van der Waals surface area contributed by atoms with Crippen molar-refractivity contribution in [3.8, 4) is 0 Å². The number of amides is 2. The molecule has 1 aromatic rings. The van der Waals surface area contributed by atoms with Crippen LogP contribution in [0.1, 0.15) is 4.88 Å². The molecule has 0 aromatic carbocycles. The van der Waals surface area contributed by atoms with Crippen molar-refractivity contribution in [1.29, 1.82) is 0 Å². The van der Waals surface area contributed by atoms with Crippen LogP contribution in [0.4, 0.5) is 13.6 Å². The molecule has 19 heavy (non-hydrogen) atoms. The van der Waals surface area contributed by atoms with Crippen molar-refractivity contribution in [2.75, 3.05) is 6.61 Å². The first-order valence-electron chi connectivity index (χ1n) is 5.18. The molecule has 0 radical (unpaired) electrons. The van der Waals surface area contributed by atoms with E-state index < -0.39 is 31.3 Å². The zero-order valence-electron chi connectivity index (χ0n) is 9.64. The highest BCUT2D eigenvalue weighted by Crippen LogP contribution is 2.07. The highest BCUT2D eigenvalue weighted by atomic mass is 32.1. The highest BCUT2D eigenvalue weighted by Gasteiger charge is 2.22. The van der Waals surface area contributed by atoms with Gasteiger partial charge in [-0.05, 0) is 11.4 Å². The molecule has 9 heteroatoms. The molecule has 0 unspecified atom stereocenters. The average molecular weight is 294 g/mol. The number of rotatable bonds is 7. The number of hydrogen-bond acceptors (Lipinski definition) is 4. The number of nitrogens with one attached hydrogen (secondary N) is 2. The van der Waals surface area contributed by atoms with E-state index in [0.29, 0.717) is 0 Å². The van der Waals surface area contributed by atoms with Gasteiger partial charge >= 0.3 is 12.7 Å². The van der Waals surface area contributed by atoms with Gasteiger partial charge in [0.25, 0.3) is 0 Å². The molecule has 0 spiro atoms. The van der Waals surface area contributed by atoms with E-state index in [9.17, 15) is 18.4 Å². The number of alkyl halides is 2. The molecule has 1 atom stereocenters. The summed E-state index contributed by atoms with van der Waals surface area (Å²) in [6.07, 6.45) is -1.49. The predicted octanol–water partition coefficient (Wildman–Crippen LogP) is 1.24. The second kappa shape index (κ2) is 7.64. The Kier molecular flexibility index (Phi) is 6.16. The second-order valence-electron chi connectivity index (χ2n) is 3.39. The Morgan fingerprint density at radius 1 is 1.47 bits per heavy atom. The molecule has 3 N–H and O–H groups in total. The Morgan fingerprint density at radius 3 is 2.74 bits per heavy atom. The quantitative estimate of drug-likeness (QED) is 0.706. The fraction of sp³-hybridized carbons (Fsp3) is 0.400. The summed E-state index contributed by atoms with van der Waals surface area (Å²) in [5, 5.41) is 14.6. The van der Waals surface area contributed by atoms with Crippen molar-refractivity contribution in [3.05, 3.63) is 22.4 Å². The van der Waals surface area contributed by atoms with Gasteiger partial charge in [-0.15, -0.1) is 11.3 Å². The molecular weight excluding hydrogens is 282 g/mol. The minimum Gasteiger partial charge on any atom is -0.465 e. The molecule has 0 aliphatic carbocycles. The first-order chi connectivity index (χ1) is 8.99. The monoisotopic (exact) mass is 294 g/mol. The summed E-state index contributed by atoms with van der Waals surface area (Å²) >= 11 is 1.41. The normalized spacial score (nSPS) is 12.2. The third-order valence-electron chi connectivity index (χ3n) is 2.02. The predicted molar refractivity (Wildman–Crippen MR) is 63.1 cm³/mol. The van der Waals surface area contributed by atoms with Gasteiger partial charge in [-0.1, -0.05) is 6.07 Å². The summed E-state index contributed by atoms with van der Waals surface area (Å²) in [6, 6.07) is 2.19. The fourth-order valence-corrected chi connectivity index (χ4v) is 1.86. The van der Waals surface area contributed by atoms with Gasteiger partial charge in [0, 0.05) is 4.88 Å². The summed E-state index contributed by atoms with van der Waals surface area (Å²) in [6.45, 7) is -3.60. The van der Waals surface area contributed by atoms with Crippen LogP contribution in [-0.4, -0.2) is 36.4 Å². The van der Waals surface area contributed by atoms with Crippen LogP contribution in [0.5, 0.6) is 0 Å². The third kappa shape index (κ3) is 6.11. The Hall–Kier alpha value is -1.74. The Balaban J connectivity index is 2.47. The lowest BCUT2D eigenvalue weighted by molar-refractivity contribution is -0.143. The standard InChI is InChI=1S/C10H12F2N2O4S/c11-9(12)18-5-7(14-10(16)17)8(15)13-4-6-2-1-3-19-6/h1-3,7,9,14H,4-5H2,(H,13,15)(H,16,17)/t7-/m1/s1. The van der Waals surface area contributed by atoms with Gasteiger partial charge in [0.05, 0.1) is 13.2 Å². The molecule has 1 rings (SSSR count). The van der Waals surface area contributed by atoms with Crippen molar-refractivity contribution in [1.82, 2.24) is 10.6 Å². The molecule has 6 nitrogen and oxygen atoms in total. The van der Waals surface area contributed by atoms with Gasteiger partial charge in [0.1, 0.15) is 6.04 Å². The Bertz CT molecular complexity index is 414. The molecule has 0 saturated carbocycles. The van der Waals surface area contributed by atoms with Gasteiger partial charge in [0.15, 0.2) is 0 Å². The van der Waals surface area contributed by atoms with Crippen LogP contribution >= 0.6 is 11.3 Å². The van der Waals surface area contributed by atoms with Crippen LogP contribution in [0.3, 0.4) is 0 Å². The number of carbonyl (C=O) groups is 2. The van der Waals surface area contributed by atoms with Gasteiger partial charge < -0.3 is 20.5 Å². The molecule has 0 saturated heterocycles. The summed E-state index contributed by atoms with van der Waals surface area (Å²) < 4.78 is 27.7. The van der Waals surface area contributed by atoms with Crippen LogP contribution in [0.15, 0.2) is 17.5 Å². The smallest absolute Gasteiger partial charge is 0.405 e. The third-order valence-corrected chi connectivity index (χ3v) is 2.90. The molecule has 0 aliphatic rings. The maximum Gasteiger partial charge on any atom is 0.405 e. The largest absolute Gasteiger partial charge is 0.465 e. The number of hydrogen-bond donors (Lipinski definition) is 3. The second-order valence-corrected chi connectivity index (χ2v) is 4.43. The zero-order valence-corrected chi connectivity index (χ0v) is 10.5. The van der Waals surface area contributed by atoms with E-state index in [4.69, 9.17) is 5.11 Å². The fourth-order valence-electron chi connectivity index (χ4n) is 1.21. The van der Waals surface area contributed by atoms with E-state index in [1.54, 1.807) is 12.1 Å². The Morgan fingerprint density at radius 2 is 2.21 bits per heavy atom. The maximum absolute atomic E-state index is 11.9. The molecular formula is C10H12F2N2O4S. The number of halogens is 2.